The molecule has 0 fully saturated rings. The summed E-state index contributed by atoms with van der Waals surface area (Å²) in [6, 6.07) is 0. The van der Waals surface area contributed by atoms with Gasteiger partial charge in [-0.15, -0.1) is 13.2 Å². The van der Waals surface area contributed by atoms with E-state index in [0.29, 0.717) is 12.2 Å². The van der Waals surface area contributed by atoms with Gasteiger partial charge < -0.3 is 0 Å². The molecule has 0 aromatic heterocycles. The summed E-state index contributed by atoms with van der Waals surface area (Å²) in [6.07, 6.45) is 5.71. The van der Waals surface area contributed by atoms with Crippen LogP contribution in [0.3, 0.4) is 0 Å². The molecule has 0 aliphatic heterocycles. The van der Waals surface area contributed by atoms with E-state index in [1.807, 2.05) is 13.8 Å². The zero-order chi connectivity index (χ0) is 9.61. The van der Waals surface area contributed by atoms with E-state index < -0.39 is 0 Å². The van der Waals surface area contributed by atoms with Gasteiger partial charge in [0.15, 0.2) is 0 Å². The lowest BCUT2D eigenvalue weighted by Crippen LogP contribution is -2.22. The van der Waals surface area contributed by atoms with Crippen molar-refractivity contribution in [1.82, 2.24) is 0 Å². The Hall–Kier alpha value is -0.850. The molecule has 0 amide bonds. The highest BCUT2D eigenvalue weighted by molar-refractivity contribution is 5.84. The van der Waals surface area contributed by atoms with Crippen molar-refractivity contribution in [2.24, 2.45) is 5.41 Å². The first kappa shape index (κ1) is 11.2. The van der Waals surface area contributed by atoms with Gasteiger partial charge in [-0.3, -0.25) is 4.79 Å². The smallest absolute Gasteiger partial charge is 0.139 e. The Bertz CT molecular complexity index is 177. The summed E-state index contributed by atoms with van der Waals surface area (Å²) in [5.74, 6) is 0.294. The van der Waals surface area contributed by atoms with Crippen LogP contribution in [0.4, 0.5) is 0 Å². The van der Waals surface area contributed by atoms with E-state index in [2.05, 4.69) is 13.2 Å². The molecular formula is C11H18O. The molecule has 0 spiro atoms. The van der Waals surface area contributed by atoms with Crippen molar-refractivity contribution in [3.8, 4) is 0 Å². The van der Waals surface area contributed by atoms with Crippen LogP contribution < -0.4 is 0 Å². The highest BCUT2D eigenvalue weighted by Gasteiger charge is 2.24. The molecule has 0 heterocycles. The number of hydrogen-bond acceptors (Lipinski definition) is 1. The number of allylic oxidation sites excluding steroid dienone is 2. The van der Waals surface area contributed by atoms with Crippen LogP contribution in [-0.4, -0.2) is 5.78 Å². The third-order valence-electron chi connectivity index (χ3n) is 1.99. The van der Waals surface area contributed by atoms with Crippen molar-refractivity contribution in [2.45, 2.75) is 33.1 Å². The standard InChI is InChI=1S/C11H18O/c1-5-7-8-10(12)11(3,4)9-6-2/h5-6H,1-2,7-9H2,3-4H3. The molecule has 0 bridgehead atoms. The Kier molecular flexibility index (Phi) is 4.57. The Morgan fingerprint density at radius 1 is 1.33 bits per heavy atom. The van der Waals surface area contributed by atoms with Gasteiger partial charge in [-0.2, -0.15) is 0 Å². The first-order valence-corrected chi connectivity index (χ1v) is 4.29. The molecule has 1 heteroatoms. The van der Waals surface area contributed by atoms with Crippen molar-refractivity contribution < 1.29 is 4.79 Å². The van der Waals surface area contributed by atoms with E-state index in [1.54, 1.807) is 12.2 Å². The fourth-order valence-electron chi connectivity index (χ4n) is 1.05. The number of hydrogen-bond donors (Lipinski definition) is 0. The molecule has 0 aliphatic carbocycles. The summed E-state index contributed by atoms with van der Waals surface area (Å²) in [7, 11) is 0. The lowest BCUT2D eigenvalue weighted by Gasteiger charge is -2.20. The first-order chi connectivity index (χ1) is 5.54. The van der Waals surface area contributed by atoms with Crippen LogP contribution in [0, 0.1) is 5.41 Å². The van der Waals surface area contributed by atoms with Crippen LogP contribution in [0.1, 0.15) is 33.1 Å². The van der Waals surface area contributed by atoms with Crippen molar-refractivity contribution in [3.05, 3.63) is 25.3 Å². The topological polar surface area (TPSA) is 17.1 Å². The second-order valence-corrected chi connectivity index (χ2v) is 3.63. The van der Waals surface area contributed by atoms with Crippen molar-refractivity contribution >= 4 is 5.78 Å². The number of ketones is 1. The normalized spacial score (nSPS) is 10.8. The number of Topliss-reactive ketones (excluding diaryl/α,β-unsaturated/α-hetero) is 1. The van der Waals surface area contributed by atoms with E-state index >= 15 is 0 Å². The molecule has 0 atom stereocenters. The van der Waals surface area contributed by atoms with Crippen LogP contribution in [0.25, 0.3) is 0 Å². The molecule has 12 heavy (non-hydrogen) atoms. The van der Waals surface area contributed by atoms with Crippen LogP contribution in [0.15, 0.2) is 25.3 Å². The van der Waals surface area contributed by atoms with Crippen molar-refractivity contribution in [3.63, 3.8) is 0 Å². The van der Waals surface area contributed by atoms with Crippen LogP contribution in [0.2, 0.25) is 0 Å². The maximum atomic E-state index is 11.5. The molecule has 0 radical (unpaired) electrons. The van der Waals surface area contributed by atoms with E-state index in [9.17, 15) is 4.79 Å². The van der Waals surface area contributed by atoms with Gasteiger partial charge in [0.25, 0.3) is 0 Å². The zero-order valence-electron chi connectivity index (χ0n) is 8.10. The molecule has 0 unspecified atom stereocenters. The van der Waals surface area contributed by atoms with Crippen molar-refractivity contribution in [2.75, 3.05) is 0 Å². The summed E-state index contributed by atoms with van der Waals surface area (Å²) in [5.41, 5.74) is -0.245. The van der Waals surface area contributed by atoms with Gasteiger partial charge in [0.05, 0.1) is 0 Å². The molecule has 68 valence electrons. The number of carbonyl (C=O) groups is 1. The first-order valence-electron chi connectivity index (χ1n) is 4.29. The van der Waals surface area contributed by atoms with Crippen LogP contribution in [-0.2, 0) is 4.79 Å². The minimum Gasteiger partial charge on any atom is -0.299 e. The van der Waals surface area contributed by atoms with Crippen molar-refractivity contribution in [1.29, 1.82) is 0 Å². The van der Waals surface area contributed by atoms with Gasteiger partial charge in [-0.25, -0.2) is 0 Å². The van der Waals surface area contributed by atoms with E-state index in [4.69, 9.17) is 0 Å². The lowest BCUT2D eigenvalue weighted by molar-refractivity contribution is -0.126. The summed E-state index contributed by atoms with van der Waals surface area (Å²) >= 11 is 0. The molecule has 0 saturated heterocycles. The predicted molar refractivity (Wildman–Crippen MR) is 53.0 cm³/mol. The highest BCUT2D eigenvalue weighted by atomic mass is 16.1. The molecular weight excluding hydrogens is 148 g/mol. The summed E-state index contributed by atoms with van der Waals surface area (Å²) < 4.78 is 0. The molecule has 0 saturated carbocycles. The van der Waals surface area contributed by atoms with E-state index in [0.717, 1.165) is 12.8 Å². The van der Waals surface area contributed by atoms with Crippen LogP contribution >= 0.6 is 0 Å². The quantitative estimate of drug-likeness (QED) is 0.554. The van der Waals surface area contributed by atoms with Gasteiger partial charge in [0.2, 0.25) is 0 Å². The minimum absolute atomic E-state index is 0.245. The van der Waals surface area contributed by atoms with E-state index in [1.165, 1.54) is 0 Å². The van der Waals surface area contributed by atoms with Gasteiger partial charge in [0, 0.05) is 11.8 Å². The average Bonchev–Trinajstić information content (AvgIpc) is 2.00. The lowest BCUT2D eigenvalue weighted by atomic mass is 9.83. The Morgan fingerprint density at radius 2 is 1.92 bits per heavy atom. The second kappa shape index (κ2) is 4.91. The Labute approximate surface area is 75.2 Å². The fraction of sp³-hybridized carbons (Fsp3) is 0.545. The maximum absolute atomic E-state index is 11.5. The third-order valence-corrected chi connectivity index (χ3v) is 1.99. The van der Waals surface area contributed by atoms with Gasteiger partial charge in [-0.1, -0.05) is 26.0 Å². The third kappa shape index (κ3) is 3.51. The zero-order valence-corrected chi connectivity index (χ0v) is 8.10. The summed E-state index contributed by atoms with van der Waals surface area (Å²) in [4.78, 5) is 11.5. The second-order valence-electron chi connectivity index (χ2n) is 3.63. The van der Waals surface area contributed by atoms with Gasteiger partial charge in [0.1, 0.15) is 5.78 Å². The SMILES string of the molecule is C=CCCC(=O)C(C)(C)CC=C. The summed E-state index contributed by atoms with van der Waals surface area (Å²) in [5, 5.41) is 0. The Balaban J connectivity index is 4.04. The van der Waals surface area contributed by atoms with Gasteiger partial charge >= 0.3 is 0 Å². The van der Waals surface area contributed by atoms with Crippen LogP contribution in [0.5, 0.6) is 0 Å². The average molecular weight is 166 g/mol. The molecule has 0 N–H and O–H groups in total. The van der Waals surface area contributed by atoms with E-state index in [-0.39, 0.29) is 5.41 Å². The number of carbonyl (C=O) groups excluding carboxylic acids is 1. The molecule has 0 aromatic rings. The van der Waals surface area contributed by atoms with Gasteiger partial charge in [-0.05, 0) is 12.8 Å². The Morgan fingerprint density at radius 3 is 2.33 bits per heavy atom. The molecule has 0 aromatic carbocycles. The largest absolute Gasteiger partial charge is 0.299 e. The number of rotatable bonds is 6. The predicted octanol–water partition coefficient (Wildman–Crippen LogP) is 3.12. The maximum Gasteiger partial charge on any atom is 0.139 e. The fourth-order valence-corrected chi connectivity index (χ4v) is 1.05. The minimum atomic E-state index is -0.245. The molecule has 0 rings (SSSR count). The molecule has 0 aliphatic rings. The summed E-state index contributed by atoms with van der Waals surface area (Å²) in [6.45, 7) is 11.1. The molecule has 1 nitrogen and oxygen atoms in total. The highest BCUT2D eigenvalue weighted by Crippen LogP contribution is 2.24. The monoisotopic (exact) mass is 166 g/mol.